The summed E-state index contributed by atoms with van der Waals surface area (Å²) in [7, 11) is 1.74. The number of ether oxygens (including phenoxy) is 1. The molecule has 128 valence electrons. The fourth-order valence-electron chi connectivity index (χ4n) is 3.48. The molecule has 0 saturated carbocycles. The Morgan fingerprint density at radius 1 is 1.17 bits per heavy atom. The zero-order valence-corrected chi connectivity index (χ0v) is 14.6. The van der Waals surface area contributed by atoms with Gasteiger partial charge in [-0.25, -0.2) is 4.98 Å². The van der Waals surface area contributed by atoms with Gasteiger partial charge < -0.3 is 15.0 Å². The van der Waals surface area contributed by atoms with Gasteiger partial charge >= 0.3 is 0 Å². The van der Waals surface area contributed by atoms with Crippen molar-refractivity contribution in [3.63, 3.8) is 0 Å². The van der Waals surface area contributed by atoms with Crippen LogP contribution in [0.5, 0.6) is 5.75 Å². The van der Waals surface area contributed by atoms with E-state index >= 15 is 0 Å². The number of methoxy groups -OCH3 is 1. The SMILES string of the molecule is COc1ccccc1CC(C)NC1CCN(c2ccccn2)CC1. The molecule has 1 atom stereocenters. The third-order valence-electron chi connectivity index (χ3n) is 4.71. The van der Waals surface area contributed by atoms with Crippen molar-refractivity contribution >= 4 is 5.82 Å². The summed E-state index contributed by atoms with van der Waals surface area (Å²) in [4.78, 5) is 6.83. The van der Waals surface area contributed by atoms with Crippen molar-refractivity contribution in [1.82, 2.24) is 10.3 Å². The zero-order valence-electron chi connectivity index (χ0n) is 14.6. The molecule has 1 N–H and O–H groups in total. The van der Waals surface area contributed by atoms with Crippen LogP contribution in [0.25, 0.3) is 0 Å². The summed E-state index contributed by atoms with van der Waals surface area (Å²) in [6.45, 7) is 4.39. The van der Waals surface area contributed by atoms with Crippen LogP contribution in [-0.4, -0.2) is 37.3 Å². The minimum atomic E-state index is 0.438. The van der Waals surface area contributed by atoms with E-state index < -0.39 is 0 Å². The summed E-state index contributed by atoms with van der Waals surface area (Å²) in [5.74, 6) is 2.08. The number of para-hydroxylation sites is 1. The predicted octanol–water partition coefficient (Wildman–Crippen LogP) is 3.28. The third kappa shape index (κ3) is 4.26. The minimum Gasteiger partial charge on any atom is -0.496 e. The second-order valence-corrected chi connectivity index (χ2v) is 6.53. The van der Waals surface area contributed by atoms with Crippen LogP contribution in [0.3, 0.4) is 0 Å². The Bertz CT molecular complexity index is 624. The number of aromatic nitrogens is 1. The van der Waals surface area contributed by atoms with Crippen LogP contribution in [0.15, 0.2) is 48.7 Å². The van der Waals surface area contributed by atoms with Crippen LogP contribution in [0.1, 0.15) is 25.3 Å². The normalized spacial score (nSPS) is 16.8. The van der Waals surface area contributed by atoms with Crippen molar-refractivity contribution in [1.29, 1.82) is 0 Å². The van der Waals surface area contributed by atoms with Gasteiger partial charge in [-0.05, 0) is 49.9 Å². The highest BCUT2D eigenvalue weighted by molar-refractivity contribution is 5.38. The van der Waals surface area contributed by atoms with Crippen molar-refractivity contribution < 1.29 is 4.74 Å². The molecule has 1 aromatic carbocycles. The maximum absolute atomic E-state index is 5.46. The van der Waals surface area contributed by atoms with Crippen molar-refractivity contribution in [2.24, 2.45) is 0 Å². The van der Waals surface area contributed by atoms with E-state index in [1.807, 2.05) is 24.4 Å². The van der Waals surface area contributed by atoms with E-state index in [0.717, 1.165) is 43.9 Å². The highest BCUT2D eigenvalue weighted by atomic mass is 16.5. The first-order chi connectivity index (χ1) is 11.8. The molecule has 4 heteroatoms. The van der Waals surface area contributed by atoms with Crippen molar-refractivity contribution in [2.45, 2.75) is 38.3 Å². The second-order valence-electron chi connectivity index (χ2n) is 6.53. The fourth-order valence-corrected chi connectivity index (χ4v) is 3.48. The molecule has 1 fully saturated rings. The lowest BCUT2D eigenvalue weighted by Crippen LogP contribution is -2.46. The van der Waals surface area contributed by atoms with Crippen LogP contribution < -0.4 is 15.0 Å². The molecular weight excluding hydrogens is 298 g/mol. The van der Waals surface area contributed by atoms with Crippen molar-refractivity contribution in [3.8, 4) is 5.75 Å². The van der Waals surface area contributed by atoms with Crippen LogP contribution >= 0.6 is 0 Å². The quantitative estimate of drug-likeness (QED) is 0.884. The molecule has 2 heterocycles. The number of piperidine rings is 1. The Labute approximate surface area is 144 Å². The molecule has 2 aromatic rings. The minimum absolute atomic E-state index is 0.438. The Kier molecular flexibility index (Phi) is 5.70. The number of nitrogens with one attached hydrogen (secondary N) is 1. The van der Waals surface area contributed by atoms with Gasteiger partial charge in [0.05, 0.1) is 7.11 Å². The van der Waals surface area contributed by atoms with Crippen molar-refractivity contribution in [2.75, 3.05) is 25.1 Å². The Balaban J connectivity index is 1.49. The van der Waals surface area contributed by atoms with Crippen LogP contribution in [0.2, 0.25) is 0 Å². The molecule has 1 unspecified atom stereocenters. The number of hydrogen-bond donors (Lipinski definition) is 1. The van der Waals surface area contributed by atoms with Gasteiger partial charge in [0.1, 0.15) is 11.6 Å². The van der Waals surface area contributed by atoms with Gasteiger partial charge in [-0.3, -0.25) is 0 Å². The lowest BCUT2D eigenvalue weighted by molar-refractivity contribution is 0.368. The second kappa shape index (κ2) is 8.15. The number of anilines is 1. The van der Waals surface area contributed by atoms with Gasteiger partial charge in [-0.1, -0.05) is 24.3 Å². The van der Waals surface area contributed by atoms with Gasteiger partial charge in [-0.15, -0.1) is 0 Å². The van der Waals surface area contributed by atoms with Gasteiger partial charge in [0, 0.05) is 31.4 Å². The van der Waals surface area contributed by atoms with Crippen LogP contribution in [0.4, 0.5) is 5.82 Å². The number of rotatable bonds is 6. The van der Waals surface area contributed by atoms with Gasteiger partial charge in [-0.2, -0.15) is 0 Å². The molecule has 0 spiro atoms. The molecule has 1 saturated heterocycles. The van der Waals surface area contributed by atoms with E-state index in [1.165, 1.54) is 5.56 Å². The Morgan fingerprint density at radius 2 is 1.92 bits per heavy atom. The molecule has 3 rings (SSSR count). The molecule has 4 nitrogen and oxygen atoms in total. The molecule has 0 bridgehead atoms. The Hall–Kier alpha value is -2.07. The number of pyridine rings is 1. The highest BCUT2D eigenvalue weighted by Crippen LogP contribution is 2.21. The lowest BCUT2D eigenvalue weighted by atomic mass is 10.0. The number of benzene rings is 1. The van der Waals surface area contributed by atoms with E-state index in [2.05, 4.69) is 46.4 Å². The summed E-state index contributed by atoms with van der Waals surface area (Å²) in [6.07, 6.45) is 5.18. The van der Waals surface area contributed by atoms with E-state index in [9.17, 15) is 0 Å². The zero-order chi connectivity index (χ0) is 16.8. The Morgan fingerprint density at radius 3 is 2.62 bits per heavy atom. The summed E-state index contributed by atoms with van der Waals surface area (Å²) < 4.78 is 5.46. The fraction of sp³-hybridized carbons (Fsp3) is 0.450. The lowest BCUT2D eigenvalue weighted by Gasteiger charge is -2.34. The van der Waals surface area contributed by atoms with E-state index in [1.54, 1.807) is 7.11 Å². The number of hydrogen-bond acceptors (Lipinski definition) is 4. The monoisotopic (exact) mass is 325 g/mol. The topological polar surface area (TPSA) is 37.4 Å². The predicted molar refractivity (Wildman–Crippen MR) is 98.8 cm³/mol. The van der Waals surface area contributed by atoms with Crippen molar-refractivity contribution in [3.05, 3.63) is 54.2 Å². The first kappa shape index (κ1) is 16.8. The van der Waals surface area contributed by atoms with Gasteiger partial charge in [0.25, 0.3) is 0 Å². The molecular formula is C20H27N3O. The molecule has 0 radical (unpaired) electrons. The first-order valence-corrected chi connectivity index (χ1v) is 8.80. The molecule has 1 aromatic heterocycles. The van der Waals surface area contributed by atoms with Gasteiger partial charge in [0.15, 0.2) is 0 Å². The maximum Gasteiger partial charge on any atom is 0.128 e. The average molecular weight is 325 g/mol. The van der Waals surface area contributed by atoms with E-state index in [4.69, 9.17) is 4.74 Å². The first-order valence-electron chi connectivity index (χ1n) is 8.80. The molecule has 0 amide bonds. The standard InChI is InChI=1S/C20H27N3O/c1-16(15-17-7-3-4-8-19(17)24-2)22-18-10-13-23(14-11-18)20-9-5-6-12-21-20/h3-9,12,16,18,22H,10-11,13-15H2,1-2H3. The summed E-state index contributed by atoms with van der Waals surface area (Å²) in [6, 6.07) is 15.4. The highest BCUT2D eigenvalue weighted by Gasteiger charge is 2.21. The van der Waals surface area contributed by atoms with Crippen LogP contribution in [-0.2, 0) is 6.42 Å². The van der Waals surface area contributed by atoms with Gasteiger partial charge in [0.2, 0.25) is 0 Å². The molecule has 0 aliphatic carbocycles. The maximum atomic E-state index is 5.46. The summed E-state index contributed by atoms with van der Waals surface area (Å²) in [5.41, 5.74) is 1.27. The van der Waals surface area contributed by atoms with E-state index in [0.29, 0.717) is 12.1 Å². The molecule has 24 heavy (non-hydrogen) atoms. The summed E-state index contributed by atoms with van der Waals surface area (Å²) >= 11 is 0. The molecule has 1 aliphatic heterocycles. The summed E-state index contributed by atoms with van der Waals surface area (Å²) in [5, 5.41) is 3.79. The average Bonchev–Trinajstić information content (AvgIpc) is 2.63. The smallest absolute Gasteiger partial charge is 0.128 e. The van der Waals surface area contributed by atoms with E-state index in [-0.39, 0.29) is 0 Å². The largest absolute Gasteiger partial charge is 0.496 e. The number of nitrogens with zero attached hydrogens (tertiary/aromatic N) is 2. The third-order valence-corrected chi connectivity index (χ3v) is 4.71. The van der Waals surface area contributed by atoms with Crippen LogP contribution in [0, 0.1) is 0 Å². The molecule has 1 aliphatic rings.